The van der Waals surface area contributed by atoms with Gasteiger partial charge >= 0.3 is 5.97 Å². The molecule has 7 heteroatoms. The molecule has 0 amide bonds. The Labute approximate surface area is 99.4 Å². The molecule has 0 aliphatic carbocycles. The fraction of sp³-hybridized carbons (Fsp3) is 0.700. The van der Waals surface area contributed by atoms with Gasteiger partial charge in [0, 0.05) is 25.1 Å². The molecular formula is C10H18N4O3. The Hall–Kier alpha value is -1.47. The van der Waals surface area contributed by atoms with Crippen molar-refractivity contribution in [3.05, 3.63) is 11.9 Å². The van der Waals surface area contributed by atoms with Crippen molar-refractivity contribution >= 4 is 5.97 Å². The third kappa shape index (κ3) is 4.49. The lowest BCUT2D eigenvalue weighted by atomic mass is 9.95. The van der Waals surface area contributed by atoms with Crippen LogP contribution in [0.5, 0.6) is 0 Å². The number of aliphatic hydroxyl groups excluding tert-OH is 1. The van der Waals surface area contributed by atoms with E-state index in [0.717, 1.165) is 0 Å². The van der Waals surface area contributed by atoms with E-state index in [1.807, 2.05) is 13.8 Å². The summed E-state index contributed by atoms with van der Waals surface area (Å²) in [7, 11) is 0. The van der Waals surface area contributed by atoms with E-state index in [1.54, 1.807) is 0 Å². The molecule has 0 atom stereocenters. The highest BCUT2D eigenvalue weighted by molar-refractivity contribution is 5.84. The summed E-state index contributed by atoms with van der Waals surface area (Å²) in [6.45, 7) is 5.90. The van der Waals surface area contributed by atoms with Crippen molar-refractivity contribution < 1.29 is 15.0 Å². The number of aromatic nitrogens is 3. The Bertz CT molecular complexity index is 375. The molecule has 1 rings (SSSR count). The van der Waals surface area contributed by atoms with E-state index in [0.29, 0.717) is 19.6 Å². The highest BCUT2D eigenvalue weighted by Gasteiger charge is 2.15. The third-order valence-electron chi connectivity index (χ3n) is 2.31. The first kappa shape index (κ1) is 13.6. The Morgan fingerprint density at radius 2 is 2.29 bits per heavy atom. The maximum atomic E-state index is 10.6. The quantitative estimate of drug-likeness (QED) is 0.562. The first-order valence-corrected chi connectivity index (χ1v) is 5.39. The van der Waals surface area contributed by atoms with Crippen LogP contribution in [0.4, 0.5) is 0 Å². The molecule has 0 fully saturated rings. The van der Waals surface area contributed by atoms with E-state index in [1.165, 1.54) is 10.9 Å². The number of nitrogens with zero attached hydrogens (tertiary/aromatic N) is 3. The number of hydrogen-bond donors (Lipinski definition) is 3. The molecule has 0 aromatic carbocycles. The minimum Gasteiger partial charge on any atom is -0.476 e. The highest BCUT2D eigenvalue weighted by atomic mass is 16.4. The molecular weight excluding hydrogens is 224 g/mol. The minimum atomic E-state index is -1.08. The zero-order valence-corrected chi connectivity index (χ0v) is 10.1. The molecule has 0 radical (unpaired) electrons. The van der Waals surface area contributed by atoms with E-state index >= 15 is 0 Å². The number of hydrogen-bond acceptors (Lipinski definition) is 5. The summed E-state index contributed by atoms with van der Waals surface area (Å²) in [5.74, 6) is -1.08. The zero-order chi connectivity index (χ0) is 12.9. The molecule has 96 valence electrons. The molecule has 1 aromatic rings. The van der Waals surface area contributed by atoms with Crippen LogP contribution in [-0.4, -0.2) is 50.9 Å². The summed E-state index contributed by atoms with van der Waals surface area (Å²) in [6, 6.07) is 0. The van der Waals surface area contributed by atoms with Gasteiger partial charge in [-0.2, -0.15) is 0 Å². The second-order valence-corrected chi connectivity index (χ2v) is 4.67. The van der Waals surface area contributed by atoms with Crippen LogP contribution in [-0.2, 0) is 6.54 Å². The minimum absolute atomic E-state index is 0.0549. The Balaban J connectivity index is 2.29. The van der Waals surface area contributed by atoms with Crippen molar-refractivity contribution in [2.75, 3.05) is 19.7 Å². The van der Waals surface area contributed by atoms with E-state index in [9.17, 15) is 4.79 Å². The van der Waals surface area contributed by atoms with Crippen LogP contribution in [0.15, 0.2) is 6.20 Å². The smallest absolute Gasteiger partial charge is 0.358 e. The summed E-state index contributed by atoms with van der Waals surface area (Å²) in [5, 5.41) is 28.1. The number of carboxylic acids is 1. The molecule has 7 nitrogen and oxygen atoms in total. The van der Waals surface area contributed by atoms with Gasteiger partial charge in [-0.15, -0.1) is 5.10 Å². The Kier molecular flexibility index (Phi) is 4.59. The maximum absolute atomic E-state index is 10.6. The number of carbonyl (C=O) groups is 1. The number of rotatable bonds is 7. The molecule has 0 saturated carbocycles. The van der Waals surface area contributed by atoms with E-state index in [2.05, 4.69) is 15.6 Å². The van der Waals surface area contributed by atoms with Crippen LogP contribution < -0.4 is 5.32 Å². The number of carboxylic acid groups (broad SMARTS) is 1. The van der Waals surface area contributed by atoms with Crippen LogP contribution in [0, 0.1) is 5.41 Å². The normalized spacial score (nSPS) is 11.7. The second kappa shape index (κ2) is 5.74. The predicted octanol–water partition coefficient (Wildman–Crippen LogP) is -0.416. The van der Waals surface area contributed by atoms with Crippen LogP contribution >= 0.6 is 0 Å². The van der Waals surface area contributed by atoms with Gasteiger partial charge in [0.05, 0.1) is 12.7 Å². The SMILES string of the molecule is CC(C)(CO)CNCCn1cc(C(=O)O)nn1. The average Bonchev–Trinajstić information content (AvgIpc) is 2.73. The lowest BCUT2D eigenvalue weighted by molar-refractivity contribution is 0.0690. The average molecular weight is 242 g/mol. The van der Waals surface area contributed by atoms with Crippen LogP contribution in [0.3, 0.4) is 0 Å². The van der Waals surface area contributed by atoms with Gasteiger partial charge in [-0.3, -0.25) is 4.68 Å². The lowest BCUT2D eigenvalue weighted by Crippen LogP contribution is -2.34. The lowest BCUT2D eigenvalue weighted by Gasteiger charge is -2.21. The summed E-state index contributed by atoms with van der Waals surface area (Å²) in [6.07, 6.45) is 1.39. The molecule has 0 spiro atoms. The van der Waals surface area contributed by atoms with Gasteiger partial charge in [0.2, 0.25) is 0 Å². The van der Waals surface area contributed by atoms with E-state index in [-0.39, 0.29) is 17.7 Å². The third-order valence-corrected chi connectivity index (χ3v) is 2.31. The first-order valence-electron chi connectivity index (χ1n) is 5.39. The van der Waals surface area contributed by atoms with Crippen molar-refractivity contribution in [1.82, 2.24) is 20.3 Å². The Morgan fingerprint density at radius 1 is 1.59 bits per heavy atom. The summed E-state index contributed by atoms with van der Waals surface area (Å²) >= 11 is 0. The maximum Gasteiger partial charge on any atom is 0.358 e. The van der Waals surface area contributed by atoms with Gasteiger partial charge in [0.25, 0.3) is 0 Å². The zero-order valence-electron chi connectivity index (χ0n) is 10.1. The summed E-state index contributed by atoms with van der Waals surface area (Å²) in [5.41, 5.74) is -0.213. The Morgan fingerprint density at radius 3 is 2.82 bits per heavy atom. The number of aromatic carboxylic acids is 1. The number of nitrogens with one attached hydrogen (secondary N) is 1. The van der Waals surface area contributed by atoms with Crippen molar-refractivity contribution in [2.45, 2.75) is 20.4 Å². The van der Waals surface area contributed by atoms with E-state index in [4.69, 9.17) is 10.2 Å². The first-order chi connectivity index (χ1) is 7.94. The van der Waals surface area contributed by atoms with Crippen molar-refractivity contribution in [3.63, 3.8) is 0 Å². The standard InChI is InChI=1S/C10H18N4O3/c1-10(2,7-15)6-11-3-4-14-5-8(9(16)17)12-13-14/h5,11,15H,3-4,6-7H2,1-2H3,(H,16,17). The number of aliphatic hydroxyl groups is 1. The van der Waals surface area contributed by atoms with Crippen molar-refractivity contribution in [1.29, 1.82) is 0 Å². The summed E-state index contributed by atoms with van der Waals surface area (Å²) in [4.78, 5) is 10.6. The fourth-order valence-electron chi connectivity index (χ4n) is 1.18. The molecule has 1 aromatic heterocycles. The molecule has 3 N–H and O–H groups in total. The van der Waals surface area contributed by atoms with E-state index < -0.39 is 5.97 Å². The van der Waals surface area contributed by atoms with Crippen molar-refractivity contribution in [2.24, 2.45) is 5.41 Å². The molecule has 0 aliphatic heterocycles. The topological polar surface area (TPSA) is 100 Å². The molecule has 0 bridgehead atoms. The van der Waals surface area contributed by atoms with Gasteiger partial charge in [0.15, 0.2) is 5.69 Å². The highest BCUT2D eigenvalue weighted by Crippen LogP contribution is 2.10. The molecule has 0 saturated heterocycles. The predicted molar refractivity (Wildman–Crippen MR) is 60.7 cm³/mol. The van der Waals surface area contributed by atoms with Gasteiger partial charge in [-0.05, 0) is 0 Å². The molecule has 0 aliphatic rings. The van der Waals surface area contributed by atoms with Gasteiger partial charge in [-0.1, -0.05) is 19.1 Å². The van der Waals surface area contributed by atoms with Gasteiger partial charge in [0.1, 0.15) is 0 Å². The second-order valence-electron chi connectivity index (χ2n) is 4.67. The van der Waals surface area contributed by atoms with Crippen LogP contribution in [0.25, 0.3) is 0 Å². The molecule has 0 unspecified atom stereocenters. The fourth-order valence-corrected chi connectivity index (χ4v) is 1.18. The van der Waals surface area contributed by atoms with Crippen LogP contribution in [0.2, 0.25) is 0 Å². The van der Waals surface area contributed by atoms with Gasteiger partial charge in [-0.25, -0.2) is 4.79 Å². The molecule has 1 heterocycles. The molecule has 17 heavy (non-hydrogen) atoms. The largest absolute Gasteiger partial charge is 0.476 e. The van der Waals surface area contributed by atoms with Crippen LogP contribution in [0.1, 0.15) is 24.3 Å². The van der Waals surface area contributed by atoms with Crippen molar-refractivity contribution in [3.8, 4) is 0 Å². The monoisotopic (exact) mass is 242 g/mol. The van der Waals surface area contributed by atoms with Gasteiger partial charge < -0.3 is 15.5 Å². The summed E-state index contributed by atoms with van der Waals surface area (Å²) < 4.78 is 1.47.